The van der Waals surface area contributed by atoms with Crippen molar-refractivity contribution in [3.05, 3.63) is 24.0 Å². The Morgan fingerprint density at radius 2 is 2.32 bits per heavy atom. The molecule has 1 atom stereocenters. The van der Waals surface area contributed by atoms with Gasteiger partial charge in [-0.3, -0.25) is 14.3 Å². The minimum Gasteiger partial charge on any atom is -0.481 e. The standard InChI is InChI=1S/C13H19N3O3/c1-3-10(8-13(18)19)9-14-12(17)5-4-11-6-7-15-16(11)2/h4-7,10H,3,8-9H2,1-2H3,(H,14,17)(H,18,19)/b5-4+. The second-order valence-electron chi connectivity index (χ2n) is 4.33. The van der Waals surface area contributed by atoms with Gasteiger partial charge in [0.15, 0.2) is 0 Å². The Labute approximate surface area is 112 Å². The third-order valence-electron chi connectivity index (χ3n) is 2.87. The highest BCUT2D eigenvalue weighted by Gasteiger charge is 2.11. The average molecular weight is 265 g/mol. The highest BCUT2D eigenvalue weighted by molar-refractivity contribution is 5.91. The molecule has 1 rings (SSSR count). The maximum Gasteiger partial charge on any atom is 0.303 e. The fourth-order valence-corrected chi connectivity index (χ4v) is 1.62. The number of aromatic nitrogens is 2. The fourth-order valence-electron chi connectivity index (χ4n) is 1.62. The predicted molar refractivity (Wildman–Crippen MR) is 71.3 cm³/mol. The van der Waals surface area contributed by atoms with Crippen LogP contribution in [-0.2, 0) is 16.6 Å². The molecular weight excluding hydrogens is 246 g/mol. The molecule has 0 aliphatic heterocycles. The summed E-state index contributed by atoms with van der Waals surface area (Å²) in [6.07, 6.45) is 5.53. The molecule has 1 unspecified atom stereocenters. The largest absolute Gasteiger partial charge is 0.481 e. The molecule has 0 aliphatic carbocycles. The number of aliphatic carboxylic acids is 1. The van der Waals surface area contributed by atoms with E-state index in [9.17, 15) is 9.59 Å². The van der Waals surface area contributed by atoms with Gasteiger partial charge in [0.25, 0.3) is 0 Å². The molecule has 6 heteroatoms. The molecule has 0 aromatic carbocycles. The minimum atomic E-state index is -0.841. The van der Waals surface area contributed by atoms with Crippen molar-refractivity contribution in [3.8, 4) is 0 Å². The third-order valence-corrected chi connectivity index (χ3v) is 2.87. The van der Waals surface area contributed by atoms with Crippen LogP contribution >= 0.6 is 0 Å². The molecular formula is C13H19N3O3. The minimum absolute atomic E-state index is 0.0356. The summed E-state index contributed by atoms with van der Waals surface area (Å²) in [6.45, 7) is 2.28. The van der Waals surface area contributed by atoms with E-state index in [0.717, 1.165) is 12.1 Å². The maximum atomic E-state index is 11.6. The van der Waals surface area contributed by atoms with E-state index < -0.39 is 5.97 Å². The monoisotopic (exact) mass is 265 g/mol. The summed E-state index contributed by atoms with van der Waals surface area (Å²) in [7, 11) is 1.79. The van der Waals surface area contributed by atoms with Gasteiger partial charge in [-0.2, -0.15) is 5.10 Å². The van der Waals surface area contributed by atoms with E-state index >= 15 is 0 Å². The number of aryl methyl sites for hydroxylation is 1. The van der Waals surface area contributed by atoms with E-state index in [1.807, 2.05) is 6.92 Å². The SMILES string of the molecule is CCC(CNC(=O)/C=C/c1ccnn1C)CC(=O)O. The van der Waals surface area contributed by atoms with Crippen LogP contribution in [0, 0.1) is 5.92 Å². The summed E-state index contributed by atoms with van der Waals surface area (Å²) < 4.78 is 1.66. The predicted octanol–water partition coefficient (Wildman–Crippen LogP) is 1.05. The molecule has 0 fully saturated rings. The lowest BCUT2D eigenvalue weighted by atomic mass is 10.0. The quantitative estimate of drug-likeness (QED) is 0.722. The number of carboxylic acid groups (broad SMARTS) is 1. The van der Waals surface area contributed by atoms with Crippen LogP contribution in [-0.4, -0.2) is 33.3 Å². The second kappa shape index (κ2) is 7.35. The number of carbonyl (C=O) groups is 2. The smallest absolute Gasteiger partial charge is 0.303 e. The van der Waals surface area contributed by atoms with Gasteiger partial charge in [0.05, 0.1) is 5.69 Å². The van der Waals surface area contributed by atoms with Crippen molar-refractivity contribution in [1.29, 1.82) is 0 Å². The van der Waals surface area contributed by atoms with Gasteiger partial charge in [-0.15, -0.1) is 0 Å². The van der Waals surface area contributed by atoms with Gasteiger partial charge in [0.2, 0.25) is 5.91 Å². The van der Waals surface area contributed by atoms with Crippen LogP contribution in [0.3, 0.4) is 0 Å². The first-order valence-electron chi connectivity index (χ1n) is 6.18. The Morgan fingerprint density at radius 3 is 2.84 bits per heavy atom. The number of carbonyl (C=O) groups excluding carboxylic acids is 1. The van der Waals surface area contributed by atoms with Crippen molar-refractivity contribution in [2.24, 2.45) is 13.0 Å². The normalized spacial score (nSPS) is 12.5. The number of nitrogens with zero attached hydrogens (tertiary/aromatic N) is 2. The van der Waals surface area contributed by atoms with Crippen LogP contribution in [0.4, 0.5) is 0 Å². The molecule has 104 valence electrons. The first kappa shape index (κ1) is 14.9. The second-order valence-corrected chi connectivity index (χ2v) is 4.33. The molecule has 1 aromatic heterocycles. The summed E-state index contributed by atoms with van der Waals surface area (Å²) >= 11 is 0. The first-order valence-corrected chi connectivity index (χ1v) is 6.18. The summed E-state index contributed by atoms with van der Waals surface area (Å²) in [5, 5.41) is 15.4. The van der Waals surface area contributed by atoms with Crippen molar-refractivity contribution >= 4 is 18.0 Å². The molecule has 19 heavy (non-hydrogen) atoms. The van der Waals surface area contributed by atoms with Crippen molar-refractivity contribution < 1.29 is 14.7 Å². The molecule has 0 aliphatic rings. The van der Waals surface area contributed by atoms with E-state index in [0.29, 0.717) is 6.54 Å². The van der Waals surface area contributed by atoms with E-state index in [1.165, 1.54) is 6.08 Å². The zero-order valence-corrected chi connectivity index (χ0v) is 11.2. The Bertz CT molecular complexity index is 465. The Kier molecular flexibility index (Phi) is 5.78. The van der Waals surface area contributed by atoms with Gasteiger partial charge < -0.3 is 10.4 Å². The Morgan fingerprint density at radius 1 is 1.58 bits per heavy atom. The summed E-state index contributed by atoms with van der Waals surface area (Å²) in [5.41, 5.74) is 0.827. The highest BCUT2D eigenvalue weighted by Crippen LogP contribution is 2.06. The van der Waals surface area contributed by atoms with E-state index in [4.69, 9.17) is 5.11 Å². The first-order chi connectivity index (χ1) is 9.02. The Hall–Kier alpha value is -2.11. The molecule has 0 spiro atoms. The van der Waals surface area contributed by atoms with Gasteiger partial charge in [-0.25, -0.2) is 0 Å². The van der Waals surface area contributed by atoms with Crippen LogP contribution in [0.15, 0.2) is 18.3 Å². The number of rotatable bonds is 7. The van der Waals surface area contributed by atoms with E-state index in [-0.39, 0.29) is 18.2 Å². The molecule has 0 radical (unpaired) electrons. The molecule has 0 bridgehead atoms. The lowest BCUT2D eigenvalue weighted by Gasteiger charge is -2.12. The molecule has 1 aromatic rings. The van der Waals surface area contributed by atoms with Gasteiger partial charge in [-0.05, 0) is 18.1 Å². The molecule has 6 nitrogen and oxygen atoms in total. The Balaban J connectivity index is 2.41. The van der Waals surface area contributed by atoms with Crippen LogP contribution in [0.1, 0.15) is 25.5 Å². The summed E-state index contributed by atoms with van der Waals surface area (Å²) in [4.78, 5) is 22.2. The van der Waals surface area contributed by atoms with Crippen molar-refractivity contribution in [3.63, 3.8) is 0 Å². The lowest BCUT2D eigenvalue weighted by Crippen LogP contribution is -2.28. The van der Waals surface area contributed by atoms with Crippen molar-refractivity contribution in [1.82, 2.24) is 15.1 Å². The molecule has 1 amide bonds. The highest BCUT2D eigenvalue weighted by atomic mass is 16.4. The van der Waals surface area contributed by atoms with Gasteiger partial charge >= 0.3 is 5.97 Å². The zero-order chi connectivity index (χ0) is 14.3. The topological polar surface area (TPSA) is 84.2 Å². The van der Waals surface area contributed by atoms with Gasteiger partial charge in [-0.1, -0.05) is 13.3 Å². The van der Waals surface area contributed by atoms with Crippen LogP contribution < -0.4 is 5.32 Å². The summed E-state index contributed by atoms with van der Waals surface area (Å²) in [6, 6.07) is 1.79. The van der Waals surface area contributed by atoms with E-state index in [2.05, 4.69) is 10.4 Å². The molecule has 1 heterocycles. The molecule has 0 saturated heterocycles. The van der Waals surface area contributed by atoms with E-state index in [1.54, 1.807) is 30.1 Å². The summed E-state index contributed by atoms with van der Waals surface area (Å²) in [5.74, 6) is -1.11. The maximum absolute atomic E-state index is 11.6. The number of hydrogen-bond acceptors (Lipinski definition) is 3. The van der Waals surface area contributed by atoms with Crippen LogP contribution in [0.2, 0.25) is 0 Å². The zero-order valence-electron chi connectivity index (χ0n) is 11.2. The van der Waals surface area contributed by atoms with Crippen molar-refractivity contribution in [2.45, 2.75) is 19.8 Å². The number of hydrogen-bond donors (Lipinski definition) is 2. The van der Waals surface area contributed by atoms with Crippen molar-refractivity contribution in [2.75, 3.05) is 6.54 Å². The molecule has 2 N–H and O–H groups in total. The van der Waals surface area contributed by atoms with Gasteiger partial charge in [0.1, 0.15) is 0 Å². The van der Waals surface area contributed by atoms with Gasteiger partial charge in [0, 0.05) is 32.3 Å². The number of carboxylic acids is 1. The number of amides is 1. The van der Waals surface area contributed by atoms with Crippen LogP contribution in [0.25, 0.3) is 6.08 Å². The number of nitrogens with one attached hydrogen (secondary N) is 1. The lowest BCUT2D eigenvalue weighted by molar-refractivity contribution is -0.138. The third kappa shape index (κ3) is 5.37. The fraction of sp³-hybridized carbons (Fsp3) is 0.462. The average Bonchev–Trinajstić information content (AvgIpc) is 2.77. The molecule has 0 saturated carbocycles. The van der Waals surface area contributed by atoms with Crippen LogP contribution in [0.5, 0.6) is 0 Å².